The Kier molecular flexibility index (Phi) is 10.4. The summed E-state index contributed by atoms with van der Waals surface area (Å²) in [7, 11) is 0. The minimum Gasteiger partial charge on any atom is -0.481 e. The summed E-state index contributed by atoms with van der Waals surface area (Å²) in [5.74, 6) is -0.681. The molecule has 2 aromatic rings. The molecule has 0 atom stereocenters. The van der Waals surface area contributed by atoms with Crippen LogP contribution < -0.4 is 0 Å². The largest absolute Gasteiger partial charge is 0.481 e. The van der Waals surface area contributed by atoms with Crippen molar-refractivity contribution in [2.75, 3.05) is 0 Å². The van der Waals surface area contributed by atoms with Crippen LogP contribution in [-0.4, -0.2) is 16.9 Å². The van der Waals surface area contributed by atoms with Crippen LogP contribution in [0.5, 0.6) is 0 Å². The van der Waals surface area contributed by atoms with Crippen molar-refractivity contribution in [1.82, 2.24) is 0 Å². The summed E-state index contributed by atoms with van der Waals surface area (Å²) in [6.45, 7) is 1.99. The van der Waals surface area contributed by atoms with Crippen molar-refractivity contribution in [2.45, 2.75) is 64.7 Å². The Hall–Kier alpha value is -2.39. The molecule has 0 saturated carbocycles. The Bertz CT molecular complexity index is 853. The van der Waals surface area contributed by atoms with Crippen molar-refractivity contribution in [1.29, 1.82) is 0 Å². The van der Waals surface area contributed by atoms with Crippen LogP contribution in [0.1, 0.15) is 84.8 Å². The fourth-order valence-electron chi connectivity index (χ4n) is 3.47. The van der Waals surface area contributed by atoms with Crippen LogP contribution >= 0.6 is 11.6 Å². The number of aliphatic carboxylic acids is 1. The molecule has 0 aliphatic rings. The highest BCUT2D eigenvalue weighted by Gasteiger charge is 2.12. The van der Waals surface area contributed by atoms with Crippen molar-refractivity contribution in [3.8, 4) is 0 Å². The Labute approximate surface area is 184 Å². The molecule has 4 heteroatoms. The van der Waals surface area contributed by atoms with Gasteiger partial charge in [-0.25, -0.2) is 0 Å². The number of unbranched alkanes of at least 4 members (excludes halogenated alkanes) is 7. The van der Waals surface area contributed by atoms with E-state index < -0.39 is 5.97 Å². The van der Waals surface area contributed by atoms with Gasteiger partial charge in [0.25, 0.3) is 0 Å². The van der Waals surface area contributed by atoms with Gasteiger partial charge in [-0.05, 0) is 61.6 Å². The van der Waals surface area contributed by atoms with Crippen molar-refractivity contribution < 1.29 is 14.7 Å². The molecule has 0 spiro atoms. The Morgan fingerprint density at radius 2 is 1.53 bits per heavy atom. The van der Waals surface area contributed by atoms with Crippen LogP contribution in [0.3, 0.4) is 0 Å². The summed E-state index contributed by atoms with van der Waals surface area (Å²) in [6.07, 6.45) is 13.2. The predicted octanol–water partition coefficient (Wildman–Crippen LogP) is 7.49. The maximum Gasteiger partial charge on any atom is 0.303 e. The summed E-state index contributed by atoms with van der Waals surface area (Å²) in [5, 5.41) is 9.24. The third-order valence-electron chi connectivity index (χ3n) is 5.29. The lowest BCUT2D eigenvalue weighted by Gasteiger charge is -2.08. The molecule has 2 rings (SSSR count). The van der Waals surface area contributed by atoms with E-state index in [4.69, 9.17) is 16.7 Å². The van der Waals surface area contributed by atoms with Gasteiger partial charge in [-0.15, -0.1) is 0 Å². The van der Waals surface area contributed by atoms with Gasteiger partial charge in [-0.3, -0.25) is 9.59 Å². The number of benzene rings is 2. The van der Waals surface area contributed by atoms with Crippen molar-refractivity contribution in [2.24, 2.45) is 0 Å². The molecule has 0 fully saturated rings. The van der Waals surface area contributed by atoms with E-state index >= 15 is 0 Å². The van der Waals surface area contributed by atoms with Crippen LogP contribution in [-0.2, 0) is 4.79 Å². The molecule has 0 saturated heterocycles. The monoisotopic (exact) mass is 426 g/mol. The highest BCUT2D eigenvalue weighted by molar-refractivity contribution is 6.30. The van der Waals surface area contributed by atoms with Gasteiger partial charge in [0.05, 0.1) is 0 Å². The van der Waals surface area contributed by atoms with Gasteiger partial charge in [0.1, 0.15) is 0 Å². The first-order valence-corrected chi connectivity index (χ1v) is 11.1. The van der Waals surface area contributed by atoms with Gasteiger partial charge in [-0.2, -0.15) is 0 Å². The molecule has 0 aromatic heterocycles. The lowest BCUT2D eigenvalue weighted by molar-refractivity contribution is -0.137. The summed E-state index contributed by atoms with van der Waals surface area (Å²) in [5.41, 5.74) is 3.44. The number of carboxylic acid groups (broad SMARTS) is 1. The molecule has 0 amide bonds. The van der Waals surface area contributed by atoms with E-state index in [-0.39, 0.29) is 12.2 Å². The van der Waals surface area contributed by atoms with Gasteiger partial charge in [-0.1, -0.05) is 74.1 Å². The average Bonchev–Trinajstić information content (AvgIpc) is 2.73. The van der Waals surface area contributed by atoms with E-state index in [1.54, 1.807) is 24.3 Å². The second-order valence-electron chi connectivity index (χ2n) is 7.67. The molecular weight excluding hydrogens is 396 g/mol. The number of ketones is 1. The number of hydrogen-bond acceptors (Lipinski definition) is 2. The number of carboxylic acids is 1. The molecule has 0 heterocycles. The van der Waals surface area contributed by atoms with Crippen molar-refractivity contribution >= 4 is 29.4 Å². The molecule has 3 nitrogen and oxygen atoms in total. The number of carbonyl (C=O) groups is 2. The molecule has 2 aromatic carbocycles. The smallest absolute Gasteiger partial charge is 0.303 e. The first-order valence-electron chi connectivity index (χ1n) is 10.8. The Morgan fingerprint density at radius 1 is 0.900 bits per heavy atom. The number of rotatable bonds is 13. The minimum absolute atomic E-state index is 0.0165. The average molecular weight is 427 g/mol. The fourth-order valence-corrected chi connectivity index (χ4v) is 3.60. The molecular formula is C26H31ClO3. The molecule has 0 aliphatic carbocycles. The second-order valence-corrected chi connectivity index (χ2v) is 8.10. The SMILES string of the molecule is Cc1c(C=CCCCCCCCCCC(=O)O)cccc1C(=O)c1ccc(Cl)cc1. The summed E-state index contributed by atoms with van der Waals surface area (Å²) >= 11 is 5.92. The minimum atomic E-state index is -0.697. The number of carbonyl (C=O) groups excluding carboxylic acids is 1. The van der Waals surface area contributed by atoms with Crippen LogP contribution in [0.15, 0.2) is 48.5 Å². The number of hydrogen-bond donors (Lipinski definition) is 1. The Morgan fingerprint density at radius 3 is 2.20 bits per heavy atom. The molecule has 0 aliphatic heterocycles. The standard InChI is InChI=1S/C26H31ClO3/c1-20-21(12-9-7-5-3-2-4-6-8-10-15-25(28)29)13-11-14-24(20)26(30)22-16-18-23(27)19-17-22/h9,11-14,16-19H,2-8,10,15H2,1H3,(H,28,29). The first-order chi connectivity index (χ1) is 14.5. The molecule has 0 unspecified atom stereocenters. The second kappa shape index (κ2) is 13.0. The van der Waals surface area contributed by atoms with E-state index in [9.17, 15) is 9.59 Å². The lowest BCUT2D eigenvalue weighted by Crippen LogP contribution is -2.04. The summed E-state index contributed by atoms with van der Waals surface area (Å²) in [6, 6.07) is 12.9. The van der Waals surface area contributed by atoms with E-state index in [0.717, 1.165) is 48.8 Å². The highest BCUT2D eigenvalue weighted by atomic mass is 35.5. The van der Waals surface area contributed by atoms with Crippen molar-refractivity contribution in [3.63, 3.8) is 0 Å². The third-order valence-corrected chi connectivity index (χ3v) is 5.54. The van der Waals surface area contributed by atoms with E-state index in [1.807, 2.05) is 25.1 Å². The predicted molar refractivity (Wildman–Crippen MR) is 124 cm³/mol. The van der Waals surface area contributed by atoms with Gasteiger partial charge in [0, 0.05) is 22.6 Å². The third kappa shape index (κ3) is 8.16. The quantitative estimate of drug-likeness (QED) is 0.266. The van der Waals surface area contributed by atoms with Crippen LogP contribution in [0.2, 0.25) is 5.02 Å². The van der Waals surface area contributed by atoms with Gasteiger partial charge in [0.15, 0.2) is 5.78 Å². The molecule has 160 valence electrons. The number of halogens is 1. The maximum atomic E-state index is 12.8. The Balaban J connectivity index is 1.76. The van der Waals surface area contributed by atoms with Gasteiger partial charge >= 0.3 is 5.97 Å². The summed E-state index contributed by atoms with van der Waals surface area (Å²) in [4.78, 5) is 23.3. The first kappa shape index (κ1) is 23.9. The zero-order valence-electron chi connectivity index (χ0n) is 17.7. The van der Waals surface area contributed by atoms with Crippen molar-refractivity contribution in [3.05, 3.63) is 75.8 Å². The fraction of sp³-hybridized carbons (Fsp3) is 0.385. The lowest BCUT2D eigenvalue weighted by atomic mass is 9.95. The molecule has 30 heavy (non-hydrogen) atoms. The zero-order valence-corrected chi connectivity index (χ0v) is 18.5. The van der Waals surface area contributed by atoms with E-state index in [1.165, 1.54) is 19.3 Å². The maximum absolute atomic E-state index is 12.8. The van der Waals surface area contributed by atoms with E-state index in [0.29, 0.717) is 10.6 Å². The van der Waals surface area contributed by atoms with Crippen LogP contribution in [0.25, 0.3) is 6.08 Å². The zero-order chi connectivity index (χ0) is 21.8. The van der Waals surface area contributed by atoms with Gasteiger partial charge < -0.3 is 5.11 Å². The van der Waals surface area contributed by atoms with E-state index in [2.05, 4.69) is 12.2 Å². The topological polar surface area (TPSA) is 54.4 Å². The molecule has 0 bridgehead atoms. The van der Waals surface area contributed by atoms with Gasteiger partial charge in [0.2, 0.25) is 0 Å². The highest BCUT2D eigenvalue weighted by Crippen LogP contribution is 2.20. The number of allylic oxidation sites excluding steroid dienone is 1. The molecule has 0 radical (unpaired) electrons. The molecule has 1 N–H and O–H groups in total. The summed E-state index contributed by atoms with van der Waals surface area (Å²) < 4.78 is 0. The van der Waals surface area contributed by atoms with Crippen LogP contribution in [0, 0.1) is 6.92 Å². The van der Waals surface area contributed by atoms with Crippen LogP contribution in [0.4, 0.5) is 0 Å². The normalized spacial score (nSPS) is 11.1.